The number of thiazole rings is 1. The Kier molecular flexibility index (Phi) is 4.11. The molecule has 0 aliphatic carbocycles. The third-order valence-electron chi connectivity index (χ3n) is 3.13. The fourth-order valence-corrected chi connectivity index (χ4v) is 3.03. The van der Waals surface area contributed by atoms with Gasteiger partial charge >= 0.3 is 0 Å². The fraction of sp³-hybridized carbons (Fsp3) is 0.667. The van der Waals surface area contributed by atoms with Crippen LogP contribution in [0.15, 0.2) is 0 Å². The van der Waals surface area contributed by atoms with Gasteiger partial charge in [0, 0.05) is 31.1 Å². The molecular weight excluding hydrogens is 232 g/mol. The third kappa shape index (κ3) is 3.25. The topological polar surface area (TPSA) is 43.2 Å². The number of nitriles is 1. The van der Waals surface area contributed by atoms with Crippen molar-refractivity contribution in [2.75, 3.05) is 33.2 Å². The van der Waals surface area contributed by atoms with Crippen molar-refractivity contribution >= 4 is 11.3 Å². The minimum atomic E-state index is 0.492. The van der Waals surface area contributed by atoms with Gasteiger partial charge in [-0.15, -0.1) is 11.3 Å². The van der Waals surface area contributed by atoms with Gasteiger partial charge in [-0.25, -0.2) is 4.98 Å². The van der Waals surface area contributed by atoms with Crippen LogP contribution in [-0.2, 0) is 13.0 Å². The van der Waals surface area contributed by atoms with Gasteiger partial charge in [0.25, 0.3) is 0 Å². The summed E-state index contributed by atoms with van der Waals surface area (Å²) >= 11 is 1.69. The number of hydrogen-bond donors (Lipinski definition) is 0. The number of nitrogens with zero attached hydrogens (tertiary/aromatic N) is 4. The maximum Gasteiger partial charge on any atom is 0.107 e. The van der Waals surface area contributed by atoms with Crippen LogP contribution in [0, 0.1) is 18.3 Å². The molecule has 0 amide bonds. The molecule has 0 N–H and O–H groups in total. The largest absolute Gasteiger partial charge is 0.304 e. The van der Waals surface area contributed by atoms with Gasteiger partial charge in [-0.3, -0.25) is 4.90 Å². The Morgan fingerprint density at radius 2 is 2.06 bits per heavy atom. The Morgan fingerprint density at radius 1 is 1.35 bits per heavy atom. The lowest BCUT2D eigenvalue weighted by Crippen LogP contribution is -2.43. The minimum absolute atomic E-state index is 0.492. The van der Waals surface area contributed by atoms with E-state index >= 15 is 0 Å². The second kappa shape index (κ2) is 5.58. The van der Waals surface area contributed by atoms with E-state index in [1.54, 1.807) is 11.3 Å². The average molecular weight is 250 g/mol. The van der Waals surface area contributed by atoms with Gasteiger partial charge in [0.2, 0.25) is 0 Å². The molecule has 17 heavy (non-hydrogen) atoms. The van der Waals surface area contributed by atoms with Gasteiger partial charge in [-0.05, 0) is 14.0 Å². The zero-order chi connectivity index (χ0) is 12.3. The highest BCUT2D eigenvalue weighted by Crippen LogP contribution is 2.20. The monoisotopic (exact) mass is 250 g/mol. The molecule has 0 radical (unpaired) electrons. The lowest BCUT2D eigenvalue weighted by Gasteiger charge is -2.31. The first-order chi connectivity index (χ1) is 8.19. The zero-order valence-electron chi connectivity index (χ0n) is 10.4. The number of rotatable bonds is 3. The van der Waals surface area contributed by atoms with Gasteiger partial charge in [0.05, 0.1) is 24.7 Å². The van der Waals surface area contributed by atoms with E-state index in [9.17, 15) is 0 Å². The highest BCUT2D eigenvalue weighted by molar-refractivity contribution is 7.11. The molecule has 1 aliphatic heterocycles. The van der Waals surface area contributed by atoms with Crippen molar-refractivity contribution in [1.29, 1.82) is 5.26 Å². The lowest BCUT2D eigenvalue weighted by molar-refractivity contribution is 0.148. The summed E-state index contributed by atoms with van der Waals surface area (Å²) < 4.78 is 0. The summed E-state index contributed by atoms with van der Waals surface area (Å²) in [5.41, 5.74) is 1.03. The maximum absolute atomic E-state index is 8.72. The molecule has 2 heterocycles. The quantitative estimate of drug-likeness (QED) is 0.810. The molecule has 0 unspecified atom stereocenters. The Balaban J connectivity index is 1.95. The Morgan fingerprint density at radius 3 is 2.71 bits per heavy atom. The molecule has 0 saturated carbocycles. The first-order valence-electron chi connectivity index (χ1n) is 5.92. The van der Waals surface area contributed by atoms with Crippen LogP contribution in [0.3, 0.4) is 0 Å². The molecule has 5 heteroatoms. The van der Waals surface area contributed by atoms with Gasteiger partial charge in [-0.2, -0.15) is 5.26 Å². The molecule has 2 rings (SSSR count). The summed E-state index contributed by atoms with van der Waals surface area (Å²) in [6.07, 6.45) is 0.492. The van der Waals surface area contributed by atoms with E-state index in [2.05, 4.69) is 27.9 Å². The van der Waals surface area contributed by atoms with Crippen molar-refractivity contribution in [3.05, 3.63) is 15.6 Å². The smallest absolute Gasteiger partial charge is 0.107 e. The molecular formula is C12H18N4S. The van der Waals surface area contributed by atoms with E-state index in [1.807, 2.05) is 6.92 Å². The predicted octanol–water partition coefficient (Wildman–Crippen LogP) is 1.26. The predicted molar refractivity (Wildman–Crippen MR) is 68.9 cm³/mol. The molecule has 0 atom stereocenters. The molecule has 1 aliphatic rings. The van der Waals surface area contributed by atoms with Gasteiger partial charge < -0.3 is 4.90 Å². The van der Waals surface area contributed by atoms with Crippen LogP contribution >= 0.6 is 11.3 Å². The highest BCUT2D eigenvalue weighted by Gasteiger charge is 2.16. The number of aryl methyl sites for hydroxylation is 1. The van der Waals surface area contributed by atoms with Crippen molar-refractivity contribution in [2.45, 2.75) is 19.9 Å². The molecule has 1 fully saturated rings. The Labute approximate surface area is 106 Å². The van der Waals surface area contributed by atoms with E-state index in [4.69, 9.17) is 5.26 Å². The van der Waals surface area contributed by atoms with Crippen LogP contribution in [0.2, 0.25) is 0 Å². The van der Waals surface area contributed by atoms with Crippen LogP contribution in [0.25, 0.3) is 0 Å². The number of likely N-dealkylation sites (N-methyl/N-ethyl adjacent to an activating group) is 1. The van der Waals surface area contributed by atoms with E-state index in [1.165, 1.54) is 0 Å². The van der Waals surface area contributed by atoms with Crippen LogP contribution < -0.4 is 0 Å². The second-order valence-corrected chi connectivity index (χ2v) is 5.70. The van der Waals surface area contributed by atoms with Gasteiger partial charge in [0.1, 0.15) is 5.01 Å². The van der Waals surface area contributed by atoms with Crippen LogP contribution in [0.1, 0.15) is 15.6 Å². The summed E-state index contributed by atoms with van der Waals surface area (Å²) in [5.74, 6) is 0. The SMILES string of the molecule is Cc1nc(CN2CCN(C)CC2)sc1CC#N. The molecule has 0 spiro atoms. The molecule has 1 saturated heterocycles. The zero-order valence-corrected chi connectivity index (χ0v) is 11.3. The van der Waals surface area contributed by atoms with Crippen molar-refractivity contribution in [1.82, 2.24) is 14.8 Å². The van der Waals surface area contributed by atoms with Gasteiger partial charge in [0.15, 0.2) is 0 Å². The van der Waals surface area contributed by atoms with Crippen molar-refractivity contribution < 1.29 is 0 Å². The Hall–Kier alpha value is -0.960. The average Bonchev–Trinajstić information content (AvgIpc) is 2.63. The minimum Gasteiger partial charge on any atom is -0.304 e. The summed E-state index contributed by atoms with van der Waals surface area (Å²) in [5, 5.41) is 9.87. The summed E-state index contributed by atoms with van der Waals surface area (Å²) in [6.45, 7) is 7.43. The first-order valence-corrected chi connectivity index (χ1v) is 6.73. The second-order valence-electron chi connectivity index (χ2n) is 4.53. The normalized spacial score (nSPS) is 18.2. The molecule has 1 aromatic heterocycles. The molecule has 0 aromatic carbocycles. The molecule has 4 nitrogen and oxygen atoms in total. The first kappa shape index (κ1) is 12.5. The summed E-state index contributed by atoms with van der Waals surface area (Å²) in [7, 11) is 2.16. The van der Waals surface area contributed by atoms with E-state index in [-0.39, 0.29) is 0 Å². The van der Waals surface area contributed by atoms with Crippen molar-refractivity contribution in [3.63, 3.8) is 0 Å². The van der Waals surface area contributed by atoms with Crippen LogP contribution in [0.5, 0.6) is 0 Å². The Bertz CT molecular complexity index is 413. The van der Waals surface area contributed by atoms with Crippen LogP contribution in [0.4, 0.5) is 0 Å². The third-order valence-corrected chi connectivity index (χ3v) is 4.27. The summed E-state index contributed by atoms with van der Waals surface area (Å²) in [6, 6.07) is 2.20. The maximum atomic E-state index is 8.72. The summed E-state index contributed by atoms with van der Waals surface area (Å²) in [4.78, 5) is 10.5. The highest BCUT2D eigenvalue weighted by atomic mass is 32.1. The fourth-order valence-electron chi connectivity index (χ4n) is 1.99. The van der Waals surface area contributed by atoms with Crippen molar-refractivity contribution in [3.8, 4) is 6.07 Å². The van der Waals surface area contributed by atoms with Crippen LogP contribution in [-0.4, -0.2) is 48.0 Å². The standard InChI is InChI=1S/C12H18N4S/c1-10-11(3-4-13)17-12(14-10)9-16-7-5-15(2)6-8-16/h3,5-9H2,1-2H3. The molecule has 0 bridgehead atoms. The lowest BCUT2D eigenvalue weighted by atomic mass is 10.3. The number of hydrogen-bond acceptors (Lipinski definition) is 5. The molecule has 92 valence electrons. The van der Waals surface area contributed by atoms with E-state index in [0.717, 1.165) is 48.3 Å². The number of aromatic nitrogens is 1. The van der Waals surface area contributed by atoms with Gasteiger partial charge in [-0.1, -0.05) is 0 Å². The van der Waals surface area contributed by atoms with Crippen molar-refractivity contribution in [2.24, 2.45) is 0 Å². The van der Waals surface area contributed by atoms with E-state index in [0.29, 0.717) is 6.42 Å². The molecule has 1 aromatic rings. The van der Waals surface area contributed by atoms with E-state index < -0.39 is 0 Å². The number of piperazine rings is 1.